The maximum Gasteiger partial charge on any atom is 0.127 e. The van der Waals surface area contributed by atoms with E-state index in [-0.39, 0.29) is 0 Å². The summed E-state index contributed by atoms with van der Waals surface area (Å²) in [5.74, 6) is 2.01. The molecule has 2 heteroatoms. The van der Waals surface area contributed by atoms with Gasteiger partial charge >= 0.3 is 0 Å². The summed E-state index contributed by atoms with van der Waals surface area (Å²) in [7, 11) is 3.37. The fourth-order valence-corrected chi connectivity index (χ4v) is 2.86. The fraction of sp³-hybridized carbons (Fsp3) is 1.00. The molecule has 0 aromatic carbocycles. The van der Waals surface area contributed by atoms with E-state index < -0.39 is 0 Å². The number of hydrogen-bond acceptors (Lipinski definition) is 1. The molecule has 0 aromatic rings. The maximum atomic E-state index is 5.43. The summed E-state index contributed by atoms with van der Waals surface area (Å²) in [5.41, 5.74) is 0. The van der Waals surface area contributed by atoms with Crippen molar-refractivity contribution >= 4 is 7.28 Å². The van der Waals surface area contributed by atoms with Gasteiger partial charge in [0.2, 0.25) is 0 Å². The predicted octanol–water partition coefficient (Wildman–Crippen LogP) is 1.99. The Labute approximate surface area is 69.7 Å². The predicted molar refractivity (Wildman–Crippen MR) is 48.5 cm³/mol. The second-order valence-electron chi connectivity index (χ2n) is 4.23. The van der Waals surface area contributed by atoms with Crippen molar-refractivity contribution in [3.05, 3.63) is 0 Å². The summed E-state index contributed by atoms with van der Waals surface area (Å²) in [5, 5.41) is 0. The Hall–Kier alpha value is 0.0249. The van der Waals surface area contributed by atoms with Crippen LogP contribution in [-0.4, -0.2) is 20.5 Å². The number of ether oxygens (including phenoxy) is 1. The number of rotatable bonds is 1. The van der Waals surface area contributed by atoms with Gasteiger partial charge in [-0.2, -0.15) is 0 Å². The lowest BCUT2D eigenvalue weighted by Gasteiger charge is -2.37. The summed E-state index contributed by atoms with van der Waals surface area (Å²) in [6, 6.07) is 0. The van der Waals surface area contributed by atoms with Crippen LogP contribution < -0.4 is 0 Å². The van der Waals surface area contributed by atoms with Gasteiger partial charge in [-0.05, 0) is 12.8 Å². The van der Waals surface area contributed by atoms with Gasteiger partial charge in [-0.3, -0.25) is 0 Å². The zero-order valence-corrected chi connectivity index (χ0v) is 7.38. The average molecular weight is 152 g/mol. The summed E-state index contributed by atoms with van der Waals surface area (Å²) >= 11 is 0. The Morgan fingerprint density at radius 3 is 2.36 bits per heavy atom. The third-order valence-electron chi connectivity index (χ3n) is 3.42. The standard InChI is InChI=1S/C9H17BO/c1-11-9-5-7-3-2-4-8(6-9)10-7/h7-10H,2-6H2,1H3. The molecule has 2 rings (SSSR count). The molecule has 0 N–H and O–H groups in total. The molecule has 2 heterocycles. The second kappa shape index (κ2) is 3.18. The third-order valence-corrected chi connectivity index (χ3v) is 3.42. The molecule has 1 nitrogen and oxygen atoms in total. The maximum absolute atomic E-state index is 5.43. The molecule has 2 bridgehead atoms. The van der Waals surface area contributed by atoms with Gasteiger partial charge in [0.25, 0.3) is 0 Å². The topological polar surface area (TPSA) is 9.23 Å². The molecule has 0 aromatic heterocycles. The van der Waals surface area contributed by atoms with Crippen molar-refractivity contribution in [2.45, 2.75) is 49.8 Å². The minimum absolute atomic E-state index is 0.596. The van der Waals surface area contributed by atoms with E-state index in [0.717, 1.165) is 11.6 Å². The minimum atomic E-state index is 0.596. The molecule has 2 fully saturated rings. The van der Waals surface area contributed by atoms with Crippen molar-refractivity contribution in [1.29, 1.82) is 0 Å². The molecule has 0 aliphatic carbocycles. The van der Waals surface area contributed by atoms with Crippen molar-refractivity contribution < 1.29 is 4.74 Å². The summed E-state index contributed by atoms with van der Waals surface area (Å²) in [6.07, 6.45) is 7.69. The first kappa shape index (κ1) is 7.66. The van der Waals surface area contributed by atoms with Crippen LogP contribution in [0.25, 0.3) is 0 Å². The molecular formula is C9H17BO. The Morgan fingerprint density at radius 2 is 1.82 bits per heavy atom. The lowest BCUT2D eigenvalue weighted by molar-refractivity contribution is 0.0729. The van der Waals surface area contributed by atoms with Crippen molar-refractivity contribution in [3.63, 3.8) is 0 Å². The van der Waals surface area contributed by atoms with Gasteiger partial charge in [0, 0.05) is 7.11 Å². The zero-order chi connectivity index (χ0) is 7.68. The molecule has 2 atom stereocenters. The summed E-state index contributed by atoms with van der Waals surface area (Å²) in [4.78, 5) is 0. The van der Waals surface area contributed by atoms with Crippen LogP contribution in [0.4, 0.5) is 0 Å². The number of fused-ring (bicyclic) bond motifs is 2. The average Bonchev–Trinajstić information content (AvgIpc) is 2.03. The first-order valence-electron chi connectivity index (χ1n) is 4.91. The normalized spacial score (nSPS) is 43.2. The van der Waals surface area contributed by atoms with Crippen LogP contribution >= 0.6 is 0 Å². The molecule has 0 saturated carbocycles. The van der Waals surface area contributed by atoms with Gasteiger partial charge in [-0.15, -0.1) is 0 Å². The molecule has 2 aliphatic heterocycles. The van der Waals surface area contributed by atoms with Crippen LogP contribution in [-0.2, 0) is 4.74 Å². The Balaban J connectivity index is 1.94. The van der Waals surface area contributed by atoms with Gasteiger partial charge in [0.1, 0.15) is 7.28 Å². The highest BCUT2D eigenvalue weighted by Crippen LogP contribution is 2.42. The monoisotopic (exact) mass is 152 g/mol. The van der Waals surface area contributed by atoms with Gasteiger partial charge in [-0.25, -0.2) is 0 Å². The lowest BCUT2D eigenvalue weighted by Crippen LogP contribution is -2.31. The first-order valence-corrected chi connectivity index (χ1v) is 4.91. The molecule has 2 saturated heterocycles. The molecule has 62 valence electrons. The van der Waals surface area contributed by atoms with E-state index in [0.29, 0.717) is 6.10 Å². The van der Waals surface area contributed by atoms with E-state index in [2.05, 4.69) is 0 Å². The van der Waals surface area contributed by atoms with Crippen LogP contribution in [0.15, 0.2) is 0 Å². The largest absolute Gasteiger partial charge is 0.381 e. The quantitative estimate of drug-likeness (QED) is 0.522. The molecule has 0 radical (unpaired) electrons. The molecule has 2 aliphatic rings. The molecular weight excluding hydrogens is 135 g/mol. The van der Waals surface area contributed by atoms with Crippen LogP contribution in [0, 0.1) is 0 Å². The smallest absolute Gasteiger partial charge is 0.127 e. The van der Waals surface area contributed by atoms with E-state index in [1.165, 1.54) is 39.4 Å². The number of methoxy groups -OCH3 is 1. The Kier molecular flexibility index (Phi) is 2.21. The zero-order valence-electron chi connectivity index (χ0n) is 7.38. The van der Waals surface area contributed by atoms with Crippen molar-refractivity contribution in [2.75, 3.05) is 7.11 Å². The summed E-state index contributed by atoms with van der Waals surface area (Å²) in [6.45, 7) is 0. The Morgan fingerprint density at radius 1 is 1.18 bits per heavy atom. The van der Waals surface area contributed by atoms with Gasteiger partial charge < -0.3 is 4.74 Å². The molecule has 0 spiro atoms. The highest BCUT2D eigenvalue weighted by Gasteiger charge is 2.32. The fourth-order valence-electron chi connectivity index (χ4n) is 2.86. The second-order valence-corrected chi connectivity index (χ2v) is 4.23. The number of hydrogen-bond donors (Lipinski definition) is 0. The van der Waals surface area contributed by atoms with Crippen LogP contribution in [0.1, 0.15) is 32.1 Å². The SMILES string of the molecule is COC1CC2BC(CCC2)C1. The van der Waals surface area contributed by atoms with Crippen molar-refractivity contribution in [2.24, 2.45) is 0 Å². The van der Waals surface area contributed by atoms with Gasteiger partial charge in [0.05, 0.1) is 6.10 Å². The minimum Gasteiger partial charge on any atom is -0.381 e. The molecule has 11 heavy (non-hydrogen) atoms. The third kappa shape index (κ3) is 1.61. The lowest BCUT2D eigenvalue weighted by atomic mass is 9.43. The van der Waals surface area contributed by atoms with Crippen LogP contribution in [0.5, 0.6) is 0 Å². The van der Waals surface area contributed by atoms with Crippen molar-refractivity contribution in [1.82, 2.24) is 0 Å². The van der Waals surface area contributed by atoms with Gasteiger partial charge in [0.15, 0.2) is 0 Å². The molecule has 2 unspecified atom stereocenters. The Bertz CT molecular complexity index is 126. The van der Waals surface area contributed by atoms with E-state index in [1.807, 2.05) is 7.11 Å². The highest BCUT2D eigenvalue weighted by atomic mass is 16.5. The van der Waals surface area contributed by atoms with E-state index in [4.69, 9.17) is 4.74 Å². The summed E-state index contributed by atoms with van der Waals surface area (Å²) < 4.78 is 5.43. The van der Waals surface area contributed by atoms with Crippen LogP contribution in [0.2, 0.25) is 11.6 Å². The van der Waals surface area contributed by atoms with Gasteiger partial charge in [-0.1, -0.05) is 30.9 Å². The van der Waals surface area contributed by atoms with E-state index >= 15 is 0 Å². The van der Waals surface area contributed by atoms with Crippen molar-refractivity contribution in [3.8, 4) is 0 Å². The molecule has 0 amide bonds. The highest BCUT2D eigenvalue weighted by molar-refractivity contribution is 6.40. The van der Waals surface area contributed by atoms with E-state index in [9.17, 15) is 0 Å². The van der Waals surface area contributed by atoms with E-state index in [1.54, 1.807) is 0 Å². The first-order chi connectivity index (χ1) is 5.38. The van der Waals surface area contributed by atoms with Crippen LogP contribution in [0.3, 0.4) is 0 Å².